The molecule has 0 bridgehead atoms. The van der Waals surface area contributed by atoms with Gasteiger partial charge in [-0.25, -0.2) is 4.39 Å². The lowest BCUT2D eigenvalue weighted by atomic mass is 9.78. The van der Waals surface area contributed by atoms with Gasteiger partial charge in [0.2, 0.25) is 5.91 Å². The van der Waals surface area contributed by atoms with Gasteiger partial charge in [-0.05, 0) is 42.5 Å². The van der Waals surface area contributed by atoms with Crippen LogP contribution in [-0.2, 0) is 9.53 Å². The number of guanidine groups is 1. The van der Waals surface area contributed by atoms with E-state index in [0.29, 0.717) is 17.6 Å². The van der Waals surface area contributed by atoms with Gasteiger partial charge in [-0.1, -0.05) is 20.8 Å². The van der Waals surface area contributed by atoms with Crippen LogP contribution in [0.3, 0.4) is 0 Å². The van der Waals surface area contributed by atoms with E-state index in [0.717, 1.165) is 26.0 Å². The Balaban J connectivity index is 1.79. The van der Waals surface area contributed by atoms with Crippen LogP contribution >= 0.6 is 0 Å². The largest absolute Gasteiger partial charge is 0.377 e. The van der Waals surface area contributed by atoms with Crippen LogP contribution in [0.5, 0.6) is 0 Å². The first-order chi connectivity index (χ1) is 12.8. The van der Waals surface area contributed by atoms with E-state index in [2.05, 4.69) is 41.7 Å². The molecule has 7 heteroatoms. The van der Waals surface area contributed by atoms with Crippen molar-refractivity contribution in [3.8, 4) is 0 Å². The fourth-order valence-electron chi connectivity index (χ4n) is 3.36. The van der Waals surface area contributed by atoms with Crippen molar-refractivity contribution in [1.29, 1.82) is 0 Å². The maximum atomic E-state index is 12.9. The maximum absolute atomic E-state index is 12.9. The normalized spacial score (nSPS) is 20.9. The number of carbonyl (C=O) groups excluding carboxylic acids is 1. The van der Waals surface area contributed by atoms with Gasteiger partial charge in [0.15, 0.2) is 5.96 Å². The van der Waals surface area contributed by atoms with Gasteiger partial charge >= 0.3 is 0 Å². The summed E-state index contributed by atoms with van der Waals surface area (Å²) in [7, 11) is 1.67. The summed E-state index contributed by atoms with van der Waals surface area (Å²) in [6.45, 7) is 8.21. The van der Waals surface area contributed by atoms with Crippen LogP contribution in [0.25, 0.3) is 0 Å². The predicted molar refractivity (Wildman–Crippen MR) is 106 cm³/mol. The van der Waals surface area contributed by atoms with E-state index in [9.17, 15) is 9.18 Å². The molecule has 0 spiro atoms. The van der Waals surface area contributed by atoms with Crippen LogP contribution in [0, 0.1) is 17.2 Å². The number of carbonyl (C=O) groups is 1. The molecule has 0 radical (unpaired) electrons. The molecule has 1 saturated heterocycles. The van der Waals surface area contributed by atoms with Crippen LogP contribution in [0.1, 0.15) is 33.6 Å². The minimum absolute atomic E-state index is 0.0704. The van der Waals surface area contributed by atoms with Crippen molar-refractivity contribution in [3.63, 3.8) is 0 Å². The van der Waals surface area contributed by atoms with Gasteiger partial charge in [0.1, 0.15) is 5.82 Å². The number of rotatable bonds is 5. The number of aliphatic imine (C=N–C) groups is 1. The Bertz CT molecular complexity index is 640. The van der Waals surface area contributed by atoms with Crippen LogP contribution in [0.4, 0.5) is 10.1 Å². The van der Waals surface area contributed by atoms with Crippen molar-refractivity contribution in [1.82, 2.24) is 10.6 Å². The summed E-state index contributed by atoms with van der Waals surface area (Å²) in [4.78, 5) is 16.2. The fraction of sp³-hybridized carbons (Fsp3) is 0.600. The zero-order chi connectivity index (χ0) is 19.9. The van der Waals surface area contributed by atoms with Crippen LogP contribution in [0.15, 0.2) is 29.3 Å². The molecule has 2 rings (SSSR count). The van der Waals surface area contributed by atoms with Crippen molar-refractivity contribution in [2.75, 3.05) is 32.1 Å². The summed E-state index contributed by atoms with van der Waals surface area (Å²) in [5.74, 6) is 0.405. The van der Waals surface area contributed by atoms with Gasteiger partial charge in [0, 0.05) is 31.8 Å². The molecule has 0 saturated carbocycles. The summed E-state index contributed by atoms with van der Waals surface area (Å²) in [5, 5.41) is 9.01. The average molecular weight is 378 g/mol. The Hall–Kier alpha value is -2.15. The topological polar surface area (TPSA) is 74.8 Å². The fourth-order valence-corrected chi connectivity index (χ4v) is 3.36. The molecule has 1 fully saturated rings. The first-order valence-electron chi connectivity index (χ1n) is 9.41. The van der Waals surface area contributed by atoms with Crippen molar-refractivity contribution in [2.45, 2.75) is 39.7 Å². The highest BCUT2D eigenvalue weighted by atomic mass is 19.1. The molecule has 2 unspecified atom stereocenters. The summed E-state index contributed by atoms with van der Waals surface area (Å²) in [6, 6.07) is 5.66. The van der Waals surface area contributed by atoms with E-state index in [1.165, 1.54) is 24.3 Å². The third kappa shape index (κ3) is 6.82. The van der Waals surface area contributed by atoms with Crippen LogP contribution < -0.4 is 16.0 Å². The minimum atomic E-state index is -0.337. The molecule has 0 aromatic heterocycles. The van der Waals surface area contributed by atoms with Crippen LogP contribution in [0.2, 0.25) is 0 Å². The number of ether oxygens (including phenoxy) is 1. The van der Waals surface area contributed by atoms with Crippen molar-refractivity contribution in [2.24, 2.45) is 16.3 Å². The van der Waals surface area contributed by atoms with Crippen molar-refractivity contribution < 1.29 is 13.9 Å². The molecule has 1 aliphatic heterocycles. The zero-order valence-corrected chi connectivity index (χ0v) is 16.6. The van der Waals surface area contributed by atoms with Crippen LogP contribution in [-0.4, -0.2) is 44.7 Å². The monoisotopic (exact) mass is 378 g/mol. The van der Waals surface area contributed by atoms with Crippen molar-refractivity contribution >= 4 is 17.6 Å². The summed E-state index contributed by atoms with van der Waals surface area (Å²) in [6.07, 6.45) is 2.36. The molecule has 0 aliphatic carbocycles. The number of nitrogens with one attached hydrogen (secondary N) is 3. The molecule has 1 amide bonds. The van der Waals surface area contributed by atoms with E-state index in [-0.39, 0.29) is 29.8 Å². The van der Waals surface area contributed by atoms with E-state index in [1.54, 1.807) is 7.05 Å². The summed E-state index contributed by atoms with van der Waals surface area (Å²) < 4.78 is 18.9. The molecular formula is C20H31FN4O2. The minimum Gasteiger partial charge on any atom is -0.377 e. The van der Waals surface area contributed by atoms with Gasteiger partial charge in [-0.15, -0.1) is 0 Å². The average Bonchev–Trinajstić information content (AvgIpc) is 2.63. The third-order valence-electron chi connectivity index (χ3n) is 4.60. The lowest BCUT2D eigenvalue weighted by molar-refractivity contribution is -0.115. The smallest absolute Gasteiger partial charge is 0.243 e. The molecular weight excluding hydrogens is 347 g/mol. The van der Waals surface area contributed by atoms with Gasteiger partial charge in [0.25, 0.3) is 0 Å². The number of amides is 1. The Kier molecular flexibility index (Phi) is 7.59. The first kappa shape index (κ1) is 21.2. The number of hydrogen-bond acceptors (Lipinski definition) is 3. The quantitative estimate of drug-likeness (QED) is 0.544. The van der Waals surface area contributed by atoms with Gasteiger partial charge in [-0.3, -0.25) is 9.79 Å². The number of nitrogens with zero attached hydrogens (tertiary/aromatic N) is 1. The Morgan fingerprint density at radius 1 is 1.26 bits per heavy atom. The second-order valence-corrected chi connectivity index (χ2v) is 7.92. The number of anilines is 1. The molecule has 6 nitrogen and oxygen atoms in total. The highest BCUT2D eigenvalue weighted by Gasteiger charge is 2.35. The number of benzene rings is 1. The molecule has 2 atom stereocenters. The Morgan fingerprint density at radius 2 is 1.96 bits per heavy atom. The second kappa shape index (κ2) is 9.69. The molecule has 1 heterocycles. The van der Waals surface area contributed by atoms with E-state index >= 15 is 0 Å². The summed E-state index contributed by atoms with van der Waals surface area (Å²) >= 11 is 0. The number of hydrogen-bond donors (Lipinski definition) is 3. The Morgan fingerprint density at radius 3 is 2.59 bits per heavy atom. The summed E-state index contributed by atoms with van der Waals surface area (Å²) in [5.41, 5.74) is 0.636. The number of halogens is 1. The van der Waals surface area contributed by atoms with E-state index in [1.807, 2.05) is 0 Å². The van der Waals surface area contributed by atoms with E-state index in [4.69, 9.17) is 4.74 Å². The Labute approximate surface area is 161 Å². The highest BCUT2D eigenvalue weighted by molar-refractivity contribution is 5.94. The van der Waals surface area contributed by atoms with Gasteiger partial charge < -0.3 is 20.7 Å². The van der Waals surface area contributed by atoms with Crippen molar-refractivity contribution in [3.05, 3.63) is 30.1 Å². The lowest BCUT2D eigenvalue weighted by Gasteiger charge is -2.40. The molecule has 150 valence electrons. The van der Waals surface area contributed by atoms with E-state index < -0.39 is 0 Å². The standard InChI is InChI=1S/C20H31FN4O2/c1-20(2,3)18-14(6-5-11-27-18)12-23-19(22-4)24-13-17(26)25-16-9-7-15(21)8-10-16/h7-10,14,18H,5-6,11-13H2,1-4H3,(H,25,26)(H2,22,23,24). The second-order valence-electron chi connectivity index (χ2n) is 7.92. The molecule has 3 N–H and O–H groups in total. The SMILES string of the molecule is CN=C(NCC(=O)Nc1ccc(F)cc1)NCC1CCCOC1C(C)(C)C. The van der Waals surface area contributed by atoms with Gasteiger partial charge in [0.05, 0.1) is 12.6 Å². The lowest BCUT2D eigenvalue weighted by Crippen LogP contribution is -2.48. The van der Waals surface area contributed by atoms with Gasteiger partial charge in [-0.2, -0.15) is 0 Å². The molecule has 27 heavy (non-hydrogen) atoms. The molecule has 1 aromatic carbocycles. The first-order valence-corrected chi connectivity index (χ1v) is 9.41. The predicted octanol–water partition coefficient (Wildman–Crippen LogP) is 2.77. The molecule has 1 aromatic rings. The highest BCUT2D eigenvalue weighted by Crippen LogP contribution is 2.33. The third-order valence-corrected chi connectivity index (χ3v) is 4.60. The maximum Gasteiger partial charge on any atom is 0.243 e. The zero-order valence-electron chi connectivity index (χ0n) is 16.6. The molecule has 1 aliphatic rings.